The van der Waals surface area contributed by atoms with Gasteiger partial charge in [-0.3, -0.25) is 4.79 Å². The molecule has 1 aliphatic heterocycles. The van der Waals surface area contributed by atoms with Gasteiger partial charge in [0.05, 0.1) is 6.10 Å². The maximum Gasteiger partial charge on any atom is 0.395 e. The number of hydrogen-bond donors (Lipinski definition) is 0. The van der Waals surface area contributed by atoms with Gasteiger partial charge in [-0.05, 0) is 12.8 Å². The molecule has 76 valence electrons. The number of carbonyl (C=O) groups is 1. The third-order valence-corrected chi connectivity index (χ3v) is 1.88. The van der Waals surface area contributed by atoms with Crippen molar-refractivity contribution in [2.45, 2.75) is 38.0 Å². The summed E-state index contributed by atoms with van der Waals surface area (Å²) in [4.78, 5) is 10.8. The largest absolute Gasteiger partial charge is 0.395 e. The molecule has 0 amide bonds. The first kappa shape index (κ1) is 10.5. The molecule has 0 radical (unpaired) electrons. The van der Waals surface area contributed by atoms with Gasteiger partial charge in [0.25, 0.3) is 0 Å². The van der Waals surface area contributed by atoms with Crippen molar-refractivity contribution >= 4 is 5.78 Å². The zero-order valence-electron chi connectivity index (χ0n) is 7.06. The summed E-state index contributed by atoms with van der Waals surface area (Å²) in [6.07, 6.45) is -4.55. The molecule has 0 saturated carbocycles. The quantitative estimate of drug-likeness (QED) is 0.690. The second kappa shape index (κ2) is 4.09. The van der Waals surface area contributed by atoms with Crippen molar-refractivity contribution in [2.75, 3.05) is 6.61 Å². The molecule has 1 unspecified atom stereocenters. The van der Waals surface area contributed by atoms with Gasteiger partial charge in [-0.1, -0.05) is 0 Å². The van der Waals surface area contributed by atoms with Crippen LogP contribution in [0, 0.1) is 0 Å². The van der Waals surface area contributed by atoms with E-state index in [9.17, 15) is 18.0 Å². The molecule has 1 aliphatic rings. The van der Waals surface area contributed by atoms with Crippen LogP contribution in [0.5, 0.6) is 0 Å². The molecule has 5 heteroatoms. The molecule has 0 bridgehead atoms. The average Bonchev–Trinajstić information content (AvgIpc) is 2.34. The van der Waals surface area contributed by atoms with E-state index in [0.29, 0.717) is 13.0 Å². The number of ketones is 1. The van der Waals surface area contributed by atoms with Crippen molar-refractivity contribution in [3.63, 3.8) is 0 Å². The van der Waals surface area contributed by atoms with Crippen LogP contribution in [0.15, 0.2) is 0 Å². The Balaban J connectivity index is 2.24. The summed E-state index contributed by atoms with van der Waals surface area (Å²) in [5.41, 5.74) is 0. The number of hydrogen-bond acceptors (Lipinski definition) is 2. The van der Waals surface area contributed by atoms with E-state index >= 15 is 0 Å². The van der Waals surface area contributed by atoms with Crippen molar-refractivity contribution < 1.29 is 22.7 Å². The van der Waals surface area contributed by atoms with Gasteiger partial charge in [-0.2, -0.15) is 13.2 Å². The van der Waals surface area contributed by atoms with Gasteiger partial charge in [-0.15, -0.1) is 0 Å². The lowest BCUT2D eigenvalue weighted by Crippen LogP contribution is -2.19. The van der Waals surface area contributed by atoms with E-state index in [1.807, 2.05) is 0 Å². The molecule has 13 heavy (non-hydrogen) atoms. The Morgan fingerprint density at radius 3 is 2.62 bits per heavy atom. The van der Waals surface area contributed by atoms with Crippen molar-refractivity contribution in [3.05, 3.63) is 0 Å². The van der Waals surface area contributed by atoms with Gasteiger partial charge in [0.2, 0.25) is 0 Å². The highest BCUT2D eigenvalue weighted by Gasteiger charge is 2.32. The highest BCUT2D eigenvalue weighted by atomic mass is 19.4. The van der Waals surface area contributed by atoms with Crippen molar-refractivity contribution in [1.29, 1.82) is 0 Å². The van der Waals surface area contributed by atoms with Crippen LogP contribution in [0.25, 0.3) is 0 Å². The van der Waals surface area contributed by atoms with Crippen LogP contribution in [0.1, 0.15) is 25.7 Å². The van der Waals surface area contributed by atoms with E-state index in [1.165, 1.54) is 0 Å². The molecule has 1 rings (SSSR count). The van der Waals surface area contributed by atoms with Crippen LogP contribution < -0.4 is 0 Å². The topological polar surface area (TPSA) is 26.3 Å². The van der Waals surface area contributed by atoms with Gasteiger partial charge in [0.1, 0.15) is 12.2 Å². The molecule has 1 atom stereocenters. The molecule has 1 heterocycles. The Hall–Kier alpha value is -0.580. The summed E-state index contributed by atoms with van der Waals surface area (Å²) in [6.45, 7) is 0.559. The number of alkyl halides is 3. The molecule has 1 saturated heterocycles. The van der Waals surface area contributed by atoms with Crippen LogP contribution in [0.2, 0.25) is 0 Å². The van der Waals surface area contributed by atoms with Crippen molar-refractivity contribution in [1.82, 2.24) is 0 Å². The zero-order chi connectivity index (χ0) is 9.90. The Labute approximate surface area is 74.1 Å². The van der Waals surface area contributed by atoms with Crippen LogP contribution in [0.3, 0.4) is 0 Å². The molecular weight excluding hydrogens is 185 g/mol. The summed E-state index contributed by atoms with van der Waals surface area (Å²) in [5.74, 6) is -0.778. The molecule has 0 aliphatic carbocycles. The van der Waals surface area contributed by atoms with E-state index in [0.717, 1.165) is 6.42 Å². The summed E-state index contributed by atoms with van der Waals surface area (Å²) in [7, 11) is 0. The lowest BCUT2D eigenvalue weighted by atomic mass is 10.1. The standard InChI is InChI=1S/C8H11F3O2/c9-8(10,11)5-6(12)4-7-2-1-3-13-7/h7H,1-5H2. The van der Waals surface area contributed by atoms with Crippen molar-refractivity contribution in [3.8, 4) is 0 Å². The fourth-order valence-corrected chi connectivity index (χ4v) is 1.35. The average molecular weight is 196 g/mol. The highest BCUT2D eigenvalue weighted by molar-refractivity contribution is 5.79. The molecule has 0 aromatic rings. The Morgan fingerprint density at radius 2 is 2.15 bits per heavy atom. The van der Waals surface area contributed by atoms with Gasteiger partial charge in [-0.25, -0.2) is 0 Å². The molecule has 1 fully saturated rings. The maximum atomic E-state index is 11.7. The van der Waals surface area contributed by atoms with Gasteiger partial charge in [0, 0.05) is 13.0 Å². The van der Waals surface area contributed by atoms with E-state index in [2.05, 4.69) is 0 Å². The molecule has 0 aromatic heterocycles. The Morgan fingerprint density at radius 1 is 1.46 bits per heavy atom. The zero-order valence-corrected chi connectivity index (χ0v) is 7.06. The minimum absolute atomic E-state index is 0.0977. The van der Waals surface area contributed by atoms with Gasteiger partial charge in [0.15, 0.2) is 0 Å². The van der Waals surface area contributed by atoms with E-state index in [-0.39, 0.29) is 12.5 Å². The number of halogens is 3. The van der Waals surface area contributed by atoms with Gasteiger partial charge < -0.3 is 4.74 Å². The molecule has 2 nitrogen and oxygen atoms in total. The first-order chi connectivity index (χ1) is 5.97. The Bertz CT molecular complexity index is 182. The molecule has 0 spiro atoms. The van der Waals surface area contributed by atoms with Crippen LogP contribution in [-0.4, -0.2) is 24.7 Å². The summed E-state index contributed by atoms with van der Waals surface area (Å²) in [5, 5.41) is 0. The highest BCUT2D eigenvalue weighted by Crippen LogP contribution is 2.23. The summed E-state index contributed by atoms with van der Waals surface area (Å²) >= 11 is 0. The Kier molecular flexibility index (Phi) is 3.30. The fourth-order valence-electron chi connectivity index (χ4n) is 1.35. The van der Waals surface area contributed by atoms with Crippen LogP contribution >= 0.6 is 0 Å². The second-order valence-corrected chi connectivity index (χ2v) is 3.17. The number of ether oxygens (including phenoxy) is 1. The third kappa shape index (κ3) is 4.26. The minimum Gasteiger partial charge on any atom is -0.378 e. The maximum absolute atomic E-state index is 11.7. The third-order valence-electron chi connectivity index (χ3n) is 1.88. The number of carbonyl (C=O) groups excluding carboxylic acids is 1. The number of rotatable bonds is 3. The molecular formula is C8H11F3O2. The SMILES string of the molecule is O=C(CC1CCCO1)CC(F)(F)F. The summed E-state index contributed by atoms with van der Waals surface area (Å²) in [6, 6.07) is 0. The van der Waals surface area contributed by atoms with Crippen LogP contribution in [-0.2, 0) is 9.53 Å². The lowest BCUT2D eigenvalue weighted by molar-refractivity contribution is -0.153. The predicted molar refractivity (Wildman–Crippen MR) is 39.3 cm³/mol. The van der Waals surface area contributed by atoms with E-state index in [1.54, 1.807) is 0 Å². The molecule has 0 aromatic carbocycles. The fraction of sp³-hybridized carbons (Fsp3) is 0.875. The monoisotopic (exact) mass is 196 g/mol. The first-order valence-electron chi connectivity index (χ1n) is 4.17. The number of Topliss-reactive ketones (excluding diaryl/α,β-unsaturated/α-hetero) is 1. The first-order valence-corrected chi connectivity index (χ1v) is 4.17. The lowest BCUT2D eigenvalue weighted by Gasteiger charge is -2.09. The van der Waals surface area contributed by atoms with E-state index < -0.39 is 18.4 Å². The van der Waals surface area contributed by atoms with Gasteiger partial charge >= 0.3 is 6.18 Å². The normalized spacial score (nSPS) is 23.5. The van der Waals surface area contributed by atoms with Crippen LogP contribution in [0.4, 0.5) is 13.2 Å². The van der Waals surface area contributed by atoms with E-state index in [4.69, 9.17) is 4.74 Å². The minimum atomic E-state index is -4.38. The second-order valence-electron chi connectivity index (χ2n) is 3.17. The molecule has 0 N–H and O–H groups in total. The van der Waals surface area contributed by atoms with Crippen molar-refractivity contribution in [2.24, 2.45) is 0 Å². The summed E-state index contributed by atoms with van der Waals surface area (Å²) < 4.78 is 40.2. The smallest absolute Gasteiger partial charge is 0.378 e. The predicted octanol–water partition coefficient (Wildman–Crippen LogP) is 2.08.